The standard InChI is InChI=1S/C12H11BrFNO4/c13-8-2-3-9(14)7(5-8)1-4-11(17)15-6-10(16)12(18)19/h1-5,10,16H,6H2,(H,15,17)(H,18,19)/b4-1+/t10-/m0/s1. The minimum absolute atomic E-state index is 0.211. The number of aliphatic hydroxyl groups is 1. The zero-order valence-corrected chi connectivity index (χ0v) is 11.2. The lowest BCUT2D eigenvalue weighted by molar-refractivity contribution is -0.146. The van der Waals surface area contributed by atoms with E-state index in [0.29, 0.717) is 4.47 Å². The molecule has 0 bridgehead atoms. The van der Waals surface area contributed by atoms with Crippen LogP contribution in [0, 0.1) is 5.82 Å². The van der Waals surface area contributed by atoms with Crippen molar-refractivity contribution in [3.8, 4) is 0 Å². The second-order valence-electron chi connectivity index (χ2n) is 3.60. The van der Waals surface area contributed by atoms with Gasteiger partial charge in [0.05, 0.1) is 6.54 Å². The van der Waals surface area contributed by atoms with Crippen molar-refractivity contribution in [3.05, 3.63) is 40.1 Å². The first-order valence-corrected chi connectivity index (χ1v) is 6.01. The summed E-state index contributed by atoms with van der Waals surface area (Å²) >= 11 is 3.17. The fraction of sp³-hybridized carbons (Fsp3) is 0.167. The minimum atomic E-state index is -1.67. The lowest BCUT2D eigenvalue weighted by atomic mass is 10.2. The molecule has 0 radical (unpaired) electrons. The van der Waals surface area contributed by atoms with Crippen molar-refractivity contribution >= 4 is 33.9 Å². The first-order valence-electron chi connectivity index (χ1n) is 5.22. The maximum atomic E-state index is 13.3. The Hall–Kier alpha value is -1.73. The van der Waals surface area contributed by atoms with Gasteiger partial charge in [-0.2, -0.15) is 0 Å². The van der Waals surface area contributed by atoms with Gasteiger partial charge in [-0.15, -0.1) is 0 Å². The van der Waals surface area contributed by atoms with E-state index in [1.165, 1.54) is 24.3 Å². The summed E-state index contributed by atoms with van der Waals surface area (Å²) in [4.78, 5) is 21.6. The van der Waals surface area contributed by atoms with E-state index in [-0.39, 0.29) is 5.56 Å². The number of nitrogens with one attached hydrogen (secondary N) is 1. The summed E-state index contributed by atoms with van der Waals surface area (Å²) in [6.07, 6.45) is 0.641. The van der Waals surface area contributed by atoms with Crippen LogP contribution in [0.5, 0.6) is 0 Å². The normalized spacial score (nSPS) is 12.4. The predicted molar refractivity (Wildman–Crippen MR) is 69.8 cm³/mol. The molecular weight excluding hydrogens is 321 g/mol. The molecule has 5 nitrogen and oxygen atoms in total. The van der Waals surface area contributed by atoms with Gasteiger partial charge in [0.2, 0.25) is 5.91 Å². The Balaban J connectivity index is 2.59. The van der Waals surface area contributed by atoms with Gasteiger partial charge in [-0.25, -0.2) is 9.18 Å². The van der Waals surface area contributed by atoms with Gasteiger partial charge < -0.3 is 15.5 Å². The molecular formula is C12H11BrFNO4. The van der Waals surface area contributed by atoms with Crippen LogP contribution in [0.2, 0.25) is 0 Å². The molecule has 3 N–H and O–H groups in total. The highest BCUT2D eigenvalue weighted by Gasteiger charge is 2.12. The highest BCUT2D eigenvalue weighted by molar-refractivity contribution is 9.10. The van der Waals surface area contributed by atoms with Gasteiger partial charge in [-0.3, -0.25) is 4.79 Å². The molecule has 0 aliphatic rings. The van der Waals surface area contributed by atoms with E-state index in [9.17, 15) is 14.0 Å². The summed E-state index contributed by atoms with van der Waals surface area (Å²) in [7, 11) is 0. The number of carbonyl (C=O) groups is 2. The molecule has 0 saturated heterocycles. The van der Waals surface area contributed by atoms with Crippen LogP contribution in [0.4, 0.5) is 4.39 Å². The summed E-state index contributed by atoms with van der Waals surface area (Å²) in [5.74, 6) is -2.54. The van der Waals surface area contributed by atoms with E-state index >= 15 is 0 Å². The van der Waals surface area contributed by atoms with E-state index < -0.39 is 30.3 Å². The first kappa shape index (κ1) is 15.3. The Kier molecular flexibility index (Phi) is 5.65. The van der Waals surface area contributed by atoms with Crippen molar-refractivity contribution in [2.45, 2.75) is 6.10 Å². The van der Waals surface area contributed by atoms with Gasteiger partial charge in [-0.05, 0) is 24.3 Å². The van der Waals surface area contributed by atoms with Gasteiger partial charge in [0.15, 0.2) is 6.10 Å². The fourth-order valence-electron chi connectivity index (χ4n) is 1.15. The fourth-order valence-corrected chi connectivity index (χ4v) is 1.53. The molecule has 0 unspecified atom stereocenters. The van der Waals surface area contributed by atoms with Gasteiger partial charge in [0.1, 0.15) is 5.82 Å². The summed E-state index contributed by atoms with van der Waals surface area (Å²) < 4.78 is 14.0. The smallest absolute Gasteiger partial charge is 0.334 e. The summed E-state index contributed by atoms with van der Waals surface area (Å²) in [5.41, 5.74) is 0.211. The second kappa shape index (κ2) is 7.01. The number of amides is 1. The topological polar surface area (TPSA) is 86.6 Å². The van der Waals surface area contributed by atoms with Crippen LogP contribution < -0.4 is 5.32 Å². The van der Waals surface area contributed by atoms with Crippen LogP contribution in [-0.2, 0) is 9.59 Å². The zero-order valence-electron chi connectivity index (χ0n) is 9.64. The Bertz CT molecular complexity index is 518. The largest absolute Gasteiger partial charge is 0.479 e. The molecule has 1 amide bonds. The second-order valence-corrected chi connectivity index (χ2v) is 4.51. The lowest BCUT2D eigenvalue weighted by Crippen LogP contribution is -2.35. The first-order chi connectivity index (χ1) is 8.90. The predicted octanol–water partition coefficient (Wildman–Crippen LogP) is 1.16. The lowest BCUT2D eigenvalue weighted by Gasteiger charge is -2.05. The van der Waals surface area contributed by atoms with E-state index in [1.807, 2.05) is 0 Å². The third-order valence-corrected chi connectivity index (χ3v) is 2.62. The van der Waals surface area contributed by atoms with Crippen molar-refractivity contribution in [3.63, 3.8) is 0 Å². The van der Waals surface area contributed by atoms with Gasteiger partial charge in [-0.1, -0.05) is 15.9 Å². The Morgan fingerprint density at radius 3 is 2.79 bits per heavy atom. The van der Waals surface area contributed by atoms with Gasteiger partial charge in [0.25, 0.3) is 0 Å². The molecule has 0 aliphatic carbocycles. The maximum absolute atomic E-state index is 13.3. The van der Waals surface area contributed by atoms with Crippen LogP contribution in [0.3, 0.4) is 0 Å². The number of aliphatic hydroxyl groups excluding tert-OH is 1. The summed E-state index contributed by atoms with van der Waals surface area (Å²) in [6, 6.07) is 4.26. The molecule has 7 heteroatoms. The number of rotatable bonds is 5. The number of hydrogen-bond acceptors (Lipinski definition) is 3. The van der Waals surface area contributed by atoms with E-state index in [1.54, 1.807) is 0 Å². The molecule has 102 valence electrons. The molecule has 0 saturated carbocycles. The third-order valence-electron chi connectivity index (χ3n) is 2.13. The molecule has 0 heterocycles. The maximum Gasteiger partial charge on any atom is 0.334 e. The number of hydrogen-bond donors (Lipinski definition) is 3. The summed E-state index contributed by atoms with van der Waals surface area (Å²) in [6.45, 7) is -0.417. The van der Waals surface area contributed by atoms with Crippen LogP contribution in [0.1, 0.15) is 5.56 Å². The number of aliphatic carboxylic acids is 1. The van der Waals surface area contributed by atoms with Crippen molar-refractivity contribution in [2.24, 2.45) is 0 Å². The third kappa shape index (κ3) is 5.19. The van der Waals surface area contributed by atoms with Crippen molar-refractivity contribution in [1.82, 2.24) is 5.32 Å². The van der Waals surface area contributed by atoms with Crippen molar-refractivity contribution in [2.75, 3.05) is 6.54 Å². The Labute approximate surface area is 116 Å². The number of benzene rings is 1. The number of carboxylic acids is 1. The SMILES string of the molecule is O=C(/C=C/c1cc(Br)ccc1F)NC[C@H](O)C(=O)O. The van der Waals surface area contributed by atoms with Crippen molar-refractivity contribution < 1.29 is 24.2 Å². The van der Waals surface area contributed by atoms with Crippen LogP contribution in [0.15, 0.2) is 28.7 Å². The molecule has 1 atom stereocenters. The van der Waals surface area contributed by atoms with Crippen molar-refractivity contribution in [1.29, 1.82) is 0 Å². The highest BCUT2D eigenvalue weighted by Crippen LogP contribution is 2.16. The quantitative estimate of drug-likeness (QED) is 0.707. The highest BCUT2D eigenvalue weighted by atomic mass is 79.9. The molecule has 1 aromatic rings. The minimum Gasteiger partial charge on any atom is -0.479 e. The molecule has 19 heavy (non-hydrogen) atoms. The molecule has 0 spiro atoms. The van der Waals surface area contributed by atoms with E-state index in [4.69, 9.17) is 10.2 Å². The molecule has 0 aromatic heterocycles. The number of carbonyl (C=O) groups excluding carboxylic acids is 1. The van der Waals surface area contributed by atoms with Gasteiger partial charge in [0, 0.05) is 16.1 Å². The number of halogens is 2. The van der Waals surface area contributed by atoms with Crippen LogP contribution in [0.25, 0.3) is 6.08 Å². The number of carboxylic acid groups (broad SMARTS) is 1. The average molecular weight is 332 g/mol. The van der Waals surface area contributed by atoms with E-state index in [0.717, 1.165) is 6.08 Å². The molecule has 1 rings (SSSR count). The average Bonchev–Trinajstić information content (AvgIpc) is 2.36. The van der Waals surface area contributed by atoms with Crippen LogP contribution >= 0.6 is 15.9 Å². The van der Waals surface area contributed by atoms with E-state index in [2.05, 4.69) is 21.2 Å². The molecule has 0 aliphatic heterocycles. The molecule has 1 aromatic carbocycles. The zero-order chi connectivity index (χ0) is 14.4. The Morgan fingerprint density at radius 2 is 2.16 bits per heavy atom. The van der Waals surface area contributed by atoms with Crippen LogP contribution in [-0.4, -0.2) is 34.7 Å². The summed E-state index contributed by atoms with van der Waals surface area (Å²) in [5, 5.41) is 19.5. The molecule has 0 fully saturated rings. The Morgan fingerprint density at radius 1 is 1.47 bits per heavy atom. The van der Waals surface area contributed by atoms with Gasteiger partial charge >= 0.3 is 5.97 Å². The monoisotopic (exact) mass is 331 g/mol.